The van der Waals surface area contributed by atoms with Crippen molar-refractivity contribution >= 4 is 23.8 Å². The van der Waals surface area contributed by atoms with Crippen LogP contribution in [0.4, 0.5) is 4.79 Å². The zero-order valence-electron chi connectivity index (χ0n) is 11.8. The lowest BCUT2D eigenvalue weighted by Gasteiger charge is -2.20. The average Bonchev–Trinajstić information content (AvgIpc) is 2.73. The summed E-state index contributed by atoms with van der Waals surface area (Å²) in [5, 5.41) is 5.79. The Bertz CT molecular complexity index is 330. The first kappa shape index (κ1) is 16.1. The minimum Gasteiger partial charge on any atom is -0.465 e. The largest absolute Gasteiger partial charge is 0.465 e. The number of alkyl carbamates (subject to hydrolysis) is 1. The molecule has 7 heteroatoms. The van der Waals surface area contributed by atoms with Crippen LogP contribution in [0.25, 0.3) is 0 Å². The van der Waals surface area contributed by atoms with E-state index in [0.717, 1.165) is 0 Å². The van der Waals surface area contributed by atoms with Gasteiger partial charge in [0.15, 0.2) is 0 Å². The summed E-state index contributed by atoms with van der Waals surface area (Å²) in [5.41, 5.74) is -0.506. The zero-order valence-corrected chi connectivity index (χ0v) is 12.6. The van der Waals surface area contributed by atoms with Crippen molar-refractivity contribution in [3.05, 3.63) is 0 Å². The Balaban J connectivity index is 2.25. The third-order valence-electron chi connectivity index (χ3n) is 2.25. The molecule has 19 heavy (non-hydrogen) atoms. The molecule has 1 rings (SSSR count). The Hall–Kier alpha value is -0.950. The van der Waals surface area contributed by atoms with Crippen molar-refractivity contribution in [3.8, 4) is 0 Å². The van der Waals surface area contributed by atoms with E-state index in [-0.39, 0.29) is 17.4 Å². The number of ether oxygens (including phenoxy) is 2. The molecule has 110 valence electrons. The third kappa shape index (κ3) is 6.15. The van der Waals surface area contributed by atoms with Gasteiger partial charge in [0.1, 0.15) is 11.6 Å². The first-order valence-corrected chi connectivity index (χ1v) is 7.38. The predicted octanol–water partition coefficient (Wildman–Crippen LogP) is 1.11. The Morgan fingerprint density at radius 3 is 2.68 bits per heavy atom. The second-order valence-electron chi connectivity index (χ2n) is 5.18. The second kappa shape index (κ2) is 7.00. The summed E-state index contributed by atoms with van der Waals surface area (Å²) in [5.74, 6) is 0.411. The van der Waals surface area contributed by atoms with E-state index in [1.807, 2.05) is 20.8 Å². The van der Waals surface area contributed by atoms with Crippen LogP contribution in [-0.2, 0) is 14.3 Å². The van der Waals surface area contributed by atoms with Crippen LogP contribution < -0.4 is 10.6 Å². The van der Waals surface area contributed by atoms with E-state index in [4.69, 9.17) is 9.47 Å². The predicted molar refractivity (Wildman–Crippen MR) is 74.0 cm³/mol. The van der Waals surface area contributed by atoms with Gasteiger partial charge in [-0.05, 0) is 27.7 Å². The third-order valence-corrected chi connectivity index (χ3v) is 3.48. The number of amides is 1. The van der Waals surface area contributed by atoms with E-state index in [9.17, 15) is 9.59 Å². The molecule has 1 amide bonds. The lowest BCUT2D eigenvalue weighted by molar-refractivity contribution is -0.144. The van der Waals surface area contributed by atoms with Crippen LogP contribution >= 0.6 is 11.8 Å². The molecule has 1 unspecified atom stereocenters. The summed E-state index contributed by atoms with van der Waals surface area (Å²) in [4.78, 5) is 23.0. The maximum atomic E-state index is 11.5. The van der Waals surface area contributed by atoms with E-state index >= 15 is 0 Å². The van der Waals surface area contributed by atoms with Crippen LogP contribution in [0.1, 0.15) is 27.7 Å². The SMILES string of the molecule is CCOC(=O)[C@H]1CSC(CNC(=O)OC(C)(C)C)N1. The van der Waals surface area contributed by atoms with Crippen LogP contribution in [0.3, 0.4) is 0 Å². The molecule has 1 saturated heterocycles. The Kier molecular flexibility index (Phi) is 5.93. The van der Waals surface area contributed by atoms with Gasteiger partial charge in [0.05, 0.1) is 12.0 Å². The molecule has 2 N–H and O–H groups in total. The molecule has 1 aliphatic rings. The number of carbonyl (C=O) groups excluding carboxylic acids is 2. The van der Waals surface area contributed by atoms with Crippen molar-refractivity contribution in [2.45, 2.75) is 44.7 Å². The Labute approximate surface area is 118 Å². The van der Waals surface area contributed by atoms with Gasteiger partial charge in [-0.25, -0.2) is 4.79 Å². The molecule has 1 heterocycles. The van der Waals surface area contributed by atoms with E-state index < -0.39 is 11.7 Å². The molecule has 0 saturated carbocycles. The molecule has 1 fully saturated rings. The maximum absolute atomic E-state index is 11.5. The maximum Gasteiger partial charge on any atom is 0.407 e. The molecule has 0 spiro atoms. The summed E-state index contributed by atoms with van der Waals surface area (Å²) in [6.45, 7) is 8.00. The molecule has 0 aliphatic carbocycles. The first-order valence-electron chi connectivity index (χ1n) is 6.33. The van der Waals surface area contributed by atoms with Crippen molar-refractivity contribution in [2.75, 3.05) is 18.9 Å². The lowest BCUT2D eigenvalue weighted by Crippen LogP contribution is -2.43. The second-order valence-corrected chi connectivity index (χ2v) is 6.41. The monoisotopic (exact) mass is 290 g/mol. The van der Waals surface area contributed by atoms with Gasteiger partial charge in [-0.3, -0.25) is 10.1 Å². The molecule has 6 nitrogen and oxygen atoms in total. The first-order chi connectivity index (χ1) is 8.81. The van der Waals surface area contributed by atoms with Crippen molar-refractivity contribution < 1.29 is 19.1 Å². The van der Waals surface area contributed by atoms with E-state index in [1.54, 1.807) is 18.7 Å². The number of carbonyl (C=O) groups is 2. The number of hydrogen-bond acceptors (Lipinski definition) is 6. The molecule has 1 aliphatic heterocycles. The molecular formula is C12H22N2O4S. The van der Waals surface area contributed by atoms with Gasteiger partial charge < -0.3 is 14.8 Å². The fourth-order valence-electron chi connectivity index (χ4n) is 1.52. The topological polar surface area (TPSA) is 76.7 Å². The lowest BCUT2D eigenvalue weighted by atomic mass is 10.2. The van der Waals surface area contributed by atoms with Crippen molar-refractivity contribution in [1.82, 2.24) is 10.6 Å². The van der Waals surface area contributed by atoms with Gasteiger partial charge in [-0.1, -0.05) is 0 Å². The van der Waals surface area contributed by atoms with Gasteiger partial charge in [-0.2, -0.15) is 0 Å². The van der Waals surface area contributed by atoms with Crippen molar-refractivity contribution in [2.24, 2.45) is 0 Å². The summed E-state index contributed by atoms with van der Waals surface area (Å²) >= 11 is 1.58. The highest BCUT2D eigenvalue weighted by atomic mass is 32.2. The molecular weight excluding hydrogens is 268 g/mol. The minimum absolute atomic E-state index is 0.00178. The average molecular weight is 290 g/mol. The molecule has 0 aromatic rings. The van der Waals surface area contributed by atoms with E-state index in [1.165, 1.54) is 0 Å². The highest BCUT2D eigenvalue weighted by molar-refractivity contribution is 8.00. The number of esters is 1. The smallest absolute Gasteiger partial charge is 0.407 e. The van der Waals surface area contributed by atoms with Crippen molar-refractivity contribution in [1.29, 1.82) is 0 Å². The van der Waals surface area contributed by atoms with Gasteiger partial charge in [-0.15, -0.1) is 11.8 Å². The van der Waals surface area contributed by atoms with Gasteiger partial charge in [0, 0.05) is 12.3 Å². The van der Waals surface area contributed by atoms with Crippen LogP contribution in [-0.4, -0.2) is 48.0 Å². The molecule has 0 aromatic heterocycles. The number of hydrogen-bond donors (Lipinski definition) is 2. The van der Waals surface area contributed by atoms with Crippen LogP contribution in [0.15, 0.2) is 0 Å². The minimum atomic E-state index is -0.506. The summed E-state index contributed by atoms with van der Waals surface area (Å²) < 4.78 is 10.1. The van der Waals surface area contributed by atoms with Crippen LogP contribution in [0.5, 0.6) is 0 Å². The summed E-state index contributed by atoms with van der Waals surface area (Å²) in [6, 6.07) is -0.296. The highest BCUT2D eigenvalue weighted by Gasteiger charge is 2.31. The van der Waals surface area contributed by atoms with Gasteiger partial charge in [0.25, 0.3) is 0 Å². The standard InChI is InChI=1S/C12H22N2O4S/c1-5-17-10(15)8-7-19-9(14-8)6-13-11(16)18-12(2,3)4/h8-9,14H,5-7H2,1-4H3,(H,13,16)/t8-,9?/m1/s1. The number of thioether (sulfide) groups is 1. The Morgan fingerprint density at radius 1 is 1.42 bits per heavy atom. The van der Waals surface area contributed by atoms with Crippen LogP contribution in [0, 0.1) is 0 Å². The quantitative estimate of drug-likeness (QED) is 0.755. The number of rotatable bonds is 4. The van der Waals surface area contributed by atoms with Gasteiger partial charge >= 0.3 is 12.1 Å². The Morgan fingerprint density at radius 2 is 2.11 bits per heavy atom. The highest BCUT2D eigenvalue weighted by Crippen LogP contribution is 2.19. The van der Waals surface area contributed by atoms with E-state index in [0.29, 0.717) is 18.9 Å². The van der Waals surface area contributed by atoms with Gasteiger partial charge in [0.2, 0.25) is 0 Å². The fraction of sp³-hybridized carbons (Fsp3) is 0.833. The summed E-state index contributed by atoms with van der Waals surface area (Å²) in [7, 11) is 0. The molecule has 0 radical (unpaired) electrons. The van der Waals surface area contributed by atoms with Crippen LogP contribution in [0.2, 0.25) is 0 Å². The summed E-state index contributed by atoms with van der Waals surface area (Å²) in [6.07, 6.45) is -0.450. The normalized spacial score (nSPS) is 22.9. The fourth-order valence-corrected chi connectivity index (χ4v) is 2.64. The van der Waals surface area contributed by atoms with Crippen molar-refractivity contribution in [3.63, 3.8) is 0 Å². The molecule has 0 bridgehead atoms. The van der Waals surface area contributed by atoms with E-state index in [2.05, 4.69) is 10.6 Å². The molecule has 2 atom stereocenters. The zero-order chi connectivity index (χ0) is 14.5. The number of nitrogens with one attached hydrogen (secondary N) is 2. The molecule has 0 aromatic carbocycles.